The molecule has 1 unspecified atom stereocenters. The van der Waals surface area contributed by atoms with Crippen molar-refractivity contribution in [3.63, 3.8) is 0 Å². The molecule has 1 atom stereocenters. The molecule has 12 rings (SSSR count). The molecular formula is C77H58O15. The van der Waals surface area contributed by atoms with Crippen LogP contribution in [0, 0.1) is 0 Å². The Morgan fingerprint density at radius 1 is 0.283 bits per heavy atom. The zero-order chi connectivity index (χ0) is 64.2. The second-order valence-electron chi connectivity index (χ2n) is 23.6. The molecule has 0 N–H and O–H groups in total. The van der Waals surface area contributed by atoms with Crippen LogP contribution in [0.15, 0.2) is 243 Å². The molecule has 2 aliphatic rings. The van der Waals surface area contributed by atoms with Gasteiger partial charge in [0.2, 0.25) is 0 Å². The number of benzene rings is 10. The third-order valence-electron chi connectivity index (χ3n) is 16.2. The topological polar surface area (TPSA) is 193 Å². The fourth-order valence-corrected chi connectivity index (χ4v) is 11.9. The van der Waals surface area contributed by atoms with Gasteiger partial charge in [0.15, 0.2) is 23.0 Å². The van der Waals surface area contributed by atoms with Crippen LogP contribution in [0.2, 0.25) is 0 Å². The number of hydrogen-bond acceptors (Lipinski definition) is 15. The van der Waals surface area contributed by atoms with Crippen molar-refractivity contribution < 1.29 is 71.5 Å². The molecule has 2 aliphatic carbocycles. The molecule has 0 saturated carbocycles. The van der Waals surface area contributed by atoms with Crippen molar-refractivity contribution in [2.45, 2.75) is 63.4 Å². The summed E-state index contributed by atoms with van der Waals surface area (Å²) in [6, 6.07) is 65.9. The van der Waals surface area contributed by atoms with Crippen LogP contribution in [0.1, 0.15) is 141 Å². The number of fused-ring (bicyclic) bond motifs is 4. The Hall–Kier alpha value is -11.7. The molecule has 15 nitrogen and oxygen atoms in total. The predicted molar refractivity (Wildman–Crippen MR) is 340 cm³/mol. The van der Waals surface area contributed by atoms with Gasteiger partial charge in [-0.15, -0.1) is 0 Å². The maximum Gasteiger partial charge on any atom is 0.343 e. The molecule has 0 bridgehead atoms. The minimum absolute atomic E-state index is 0.0167. The van der Waals surface area contributed by atoms with Crippen LogP contribution in [0.5, 0.6) is 46.0 Å². The van der Waals surface area contributed by atoms with Gasteiger partial charge in [-0.3, -0.25) is 0 Å². The summed E-state index contributed by atoms with van der Waals surface area (Å²) in [7, 11) is 0. The molecule has 15 heteroatoms. The fourth-order valence-electron chi connectivity index (χ4n) is 11.9. The summed E-state index contributed by atoms with van der Waals surface area (Å²) in [6.07, 6.45) is 1.02. The van der Waals surface area contributed by atoms with Crippen molar-refractivity contribution in [2.24, 2.45) is 0 Å². The van der Waals surface area contributed by atoms with Gasteiger partial charge in [-0.25, -0.2) is 33.6 Å². The number of ether oxygens (including phenoxy) is 8. The van der Waals surface area contributed by atoms with E-state index in [1.165, 1.54) is 72.8 Å². The van der Waals surface area contributed by atoms with Crippen molar-refractivity contribution in [1.29, 1.82) is 0 Å². The molecule has 456 valence electrons. The van der Waals surface area contributed by atoms with E-state index in [1.807, 2.05) is 18.2 Å². The molecule has 0 amide bonds. The van der Waals surface area contributed by atoms with E-state index in [9.17, 15) is 33.6 Å². The van der Waals surface area contributed by atoms with Crippen LogP contribution >= 0.6 is 0 Å². The van der Waals surface area contributed by atoms with Gasteiger partial charge in [-0.05, 0) is 209 Å². The highest BCUT2D eigenvalue weighted by atomic mass is 16.6. The van der Waals surface area contributed by atoms with E-state index in [0.29, 0.717) is 46.4 Å². The van der Waals surface area contributed by atoms with Gasteiger partial charge in [0.25, 0.3) is 0 Å². The van der Waals surface area contributed by atoms with E-state index in [4.69, 9.17) is 37.9 Å². The summed E-state index contributed by atoms with van der Waals surface area (Å²) in [5.74, 6) is -3.43. The lowest BCUT2D eigenvalue weighted by Crippen LogP contribution is -2.27. The number of carbonyl (C=O) groups is 7. The Balaban J connectivity index is 0.891. The van der Waals surface area contributed by atoms with Gasteiger partial charge in [0.1, 0.15) is 29.6 Å². The SMILES string of the molecule is CC1(C)CC2(CC(C)(C)c3cc(OC(=O)c4ccc(OC(=O)c5ccccc5)cc4)c(OC(=O)c4ccc(OC(=O)c5ccccc5)cc4)cc32)c2cc(OC(=O)c3ccc(OC(=O)c4ccccc4)cc3)c(OCc3ccc(OC(=O)c4ccccc4)cc3)cc21. The number of rotatable bonds is 17. The lowest BCUT2D eigenvalue weighted by molar-refractivity contribution is 0.0681. The lowest BCUT2D eigenvalue weighted by Gasteiger charge is -2.31. The molecule has 0 aromatic heterocycles. The summed E-state index contributed by atoms with van der Waals surface area (Å²) in [6.45, 7) is 8.42. The zero-order valence-electron chi connectivity index (χ0n) is 50.3. The third kappa shape index (κ3) is 13.1. The van der Waals surface area contributed by atoms with Gasteiger partial charge < -0.3 is 37.9 Å². The minimum atomic E-state index is -0.852. The Bertz CT molecular complexity index is 4450. The smallest absolute Gasteiger partial charge is 0.343 e. The maximum atomic E-state index is 14.4. The van der Waals surface area contributed by atoms with Crippen molar-refractivity contribution in [2.75, 3.05) is 0 Å². The lowest BCUT2D eigenvalue weighted by atomic mass is 9.72. The van der Waals surface area contributed by atoms with Crippen molar-refractivity contribution in [3.8, 4) is 46.0 Å². The molecule has 10 aromatic carbocycles. The summed E-state index contributed by atoms with van der Waals surface area (Å²) in [5, 5.41) is 0. The molecule has 0 saturated heterocycles. The van der Waals surface area contributed by atoms with Crippen LogP contribution in [0.25, 0.3) is 0 Å². The Morgan fingerprint density at radius 3 is 0.826 bits per heavy atom. The molecule has 10 aromatic rings. The first-order chi connectivity index (χ1) is 44.4. The largest absolute Gasteiger partial charge is 0.485 e. The predicted octanol–water partition coefficient (Wildman–Crippen LogP) is 15.4. The van der Waals surface area contributed by atoms with Crippen LogP contribution in [0.3, 0.4) is 0 Å². The van der Waals surface area contributed by atoms with Crippen molar-refractivity contribution >= 4 is 41.8 Å². The van der Waals surface area contributed by atoms with E-state index in [-0.39, 0.29) is 63.5 Å². The summed E-state index contributed by atoms with van der Waals surface area (Å²) in [4.78, 5) is 94.7. The molecule has 0 heterocycles. The highest BCUT2D eigenvalue weighted by Gasteiger charge is 2.57. The van der Waals surface area contributed by atoms with E-state index < -0.39 is 58.0 Å². The van der Waals surface area contributed by atoms with E-state index in [0.717, 1.165) is 22.3 Å². The first-order valence-corrected chi connectivity index (χ1v) is 29.5. The summed E-state index contributed by atoms with van der Waals surface area (Å²) in [5.41, 5.74) is 3.73. The highest BCUT2D eigenvalue weighted by Crippen LogP contribution is 2.65. The Kier molecular flexibility index (Phi) is 16.7. The van der Waals surface area contributed by atoms with Crippen LogP contribution in [-0.4, -0.2) is 41.8 Å². The maximum absolute atomic E-state index is 14.4. The highest BCUT2D eigenvalue weighted by molar-refractivity contribution is 5.96. The first-order valence-electron chi connectivity index (χ1n) is 29.5. The third-order valence-corrected chi connectivity index (χ3v) is 16.2. The molecule has 0 radical (unpaired) electrons. The summed E-state index contributed by atoms with van der Waals surface area (Å²) >= 11 is 0. The Morgan fingerprint density at radius 2 is 0.522 bits per heavy atom. The number of hydrogen-bond donors (Lipinski definition) is 0. The minimum Gasteiger partial charge on any atom is -0.485 e. The van der Waals surface area contributed by atoms with E-state index >= 15 is 0 Å². The van der Waals surface area contributed by atoms with Crippen LogP contribution < -0.4 is 37.9 Å². The second-order valence-corrected chi connectivity index (χ2v) is 23.6. The zero-order valence-corrected chi connectivity index (χ0v) is 50.3. The van der Waals surface area contributed by atoms with Gasteiger partial charge in [-0.2, -0.15) is 0 Å². The average Bonchev–Trinajstić information content (AvgIpc) is 1.52. The molecule has 1 spiro atoms. The van der Waals surface area contributed by atoms with Gasteiger partial charge in [0, 0.05) is 5.41 Å². The van der Waals surface area contributed by atoms with Crippen molar-refractivity contribution in [3.05, 3.63) is 309 Å². The van der Waals surface area contributed by atoms with Gasteiger partial charge >= 0.3 is 41.8 Å². The molecule has 92 heavy (non-hydrogen) atoms. The van der Waals surface area contributed by atoms with E-state index in [1.54, 1.807) is 152 Å². The number of carbonyl (C=O) groups excluding carboxylic acids is 7. The quantitative estimate of drug-likeness (QED) is 0.0617. The number of esters is 7. The van der Waals surface area contributed by atoms with Crippen molar-refractivity contribution in [1.82, 2.24) is 0 Å². The average molecular weight is 1220 g/mol. The standard InChI is InChI=1S/C77H58O15/c1-75(2)46-77(62-43-65(90-72(82)53-27-35-57(36-28-53)87-69(79)50-19-11-6-12-20-50)64(41-60(62)75)85-45-48-25-33-56(34-26-48)86-68(78)49-17-9-5-10-18-49)47-76(3,4)61-42-66(91-73(83)54-29-37-58(38-30-54)88-70(80)51-21-13-7-14-22-51)67(44-63(61)77)92-74(84)55-31-39-59(40-32-55)89-71(81)52-23-15-8-16-24-52/h5-44H,45-47H2,1-4H3. The molecular weight excluding hydrogens is 1160 g/mol. The monoisotopic (exact) mass is 1220 g/mol. The normalized spacial score (nSPS) is 14.6. The van der Waals surface area contributed by atoms with E-state index in [2.05, 4.69) is 27.7 Å². The van der Waals surface area contributed by atoms with Crippen LogP contribution in [-0.2, 0) is 22.9 Å². The van der Waals surface area contributed by atoms with Crippen LogP contribution in [0.4, 0.5) is 0 Å². The van der Waals surface area contributed by atoms with Gasteiger partial charge in [-0.1, -0.05) is 113 Å². The molecule has 0 fully saturated rings. The van der Waals surface area contributed by atoms with Gasteiger partial charge in [0.05, 0.1) is 38.9 Å². The summed E-state index contributed by atoms with van der Waals surface area (Å²) < 4.78 is 47.9. The fraction of sp³-hybridized carbons (Fsp3) is 0.130. The second kappa shape index (κ2) is 25.4. The molecule has 0 aliphatic heterocycles. The Labute approximate surface area is 529 Å². The first kappa shape index (κ1) is 60.6.